The highest BCUT2D eigenvalue weighted by molar-refractivity contribution is 8.13. The molecule has 0 saturated heterocycles. The standard InChI is InChI=1S/C13H12ClN3O3S/c14-21(18,19)13-16-15-12(17(13)8-5-6-8)10-7-20-11-4-2-1-3-9(10)11/h1-4,8,10H,5-7H2. The molecule has 2 aromatic rings. The van der Waals surface area contributed by atoms with Crippen molar-refractivity contribution in [1.29, 1.82) is 0 Å². The Hall–Kier alpha value is -1.60. The van der Waals surface area contributed by atoms with E-state index in [1.54, 1.807) is 4.57 Å². The van der Waals surface area contributed by atoms with Crippen LogP contribution in [0.1, 0.15) is 36.2 Å². The van der Waals surface area contributed by atoms with Crippen LogP contribution >= 0.6 is 10.7 Å². The summed E-state index contributed by atoms with van der Waals surface area (Å²) in [5, 5.41) is 7.74. The van der Waals surface area contributed by atoms with Gasteiger partial charge in [-0.15, -0.1) is 10.2 Å². The molecule has 1 saturated carbocycles. The minimum atomic E-state index is -3.90. The Bertz CT molecular complexity index is 814. The number of nitrogens with zero attached hydrogens (tertiary/aromatic N) is 3. The van der Waals surface area contributed by atoms with Crippen LogP contribution in [0.4, 0.5) is 0 Å². The molecule has 110 valence electrons. The smallest absolute Gasteiger partial charge is 0.296 e. The van der Waals surface area contributed by atoms with Gasteiger partial charge in [0.2, 0.25) is 0 Å². The summed E-state index contributed by atoms with van der Waals surface area (Å²) in [6.45, 7) is 0.437. The van der Waals surface area contributed by atoms with E-state index < -0.39 is 9.05 Å². The monoisotopic (exact) mass is 325 g/mol. The van der Waals surface area contributed by atoms with Crippen molar-refractivity contribution in [1.82, 2.24) is 14.8 Å². The van der Waals surface area contributed by atoms with Gasteiger partial charge in [0.1, 0.15) is 18.2 Å². The second kappa shape index (κ2) is 4.45. The summed E-state index contributed by atoms with van der Waals surface area (Å²) in [6.07, 6.45) is 1.83. The fraction of sp³-hybridized carbons (Fsp3) is 0.385. The lowest BCUT2D eigenvalue weighted by Gasteiger charge is -2.11. The Kier molecular flexibility index (Phi) is 2.77. The van der Waals surface area contributed by atoms with Crippen LogP contribution in [0.25, 0.3) is 0 Å². The SMILES string of the molecule is O=S(=O)(Cl)c1nnc(C2COc3ccccc32)n1C1CC1. The lowest BCUT2D eigenvalue weighted by molar-refractivity contribution is 0.336. The largest absolute Gasteiger partial charge is 0.492 e. The first-order valence-corrected chi connectivity index (χ1v) is 8.98. The van der Waals surface area contributed by atoms with Gasteiger partial charge < -0.3 is 4.74 Å². The van der Waals surface area contributed by atoms with E-state index in [1.807, 2.05) is 24.3 Å². The fourth-order valence-corrected chi connectivity index (χ4v) is 3.68. The Balaban J connectivity index is 1.86. The van der Waals surface area contributed by atoms with Crippen LogP contribution < -0.4 is 4.74 Å². The Morgan fingerprint density at radius 2 is 2.00 bits per heavy atom. The summed E-state index contributed by atoms with van der Waals surface area (Å²) in [4.78, 5) is 0. The van der Waals surface area contributed by atoms with Gasteiger partial charge in [-0.1, -0.05) is 18.2 Å². The normalized spacial score (nSPS) is 21.1. The summed E-state index contributed by atoms with van der Waals surface area (Å²) in [7, 11) is 1.57. The van der Waals surface area contributed by atoms with Crippen molar-refractivity contribution in [3.05, 3.63) is 35.7 Å². The molecular weight excluding hydrogens is 314 g/mol. The van der Waals surface area contributed by atoms with Crippen molar-refractivity contribution in [3.8, 4) is 5.75 Å². The number of halogens is 1. The predicted octanol–water partition coefficient (Wildman–Crippen LogP) is 2.06. The number of fused-ring (bicyclic) bond motifs is 1. The quantitative estimate of drug-likeness (QED) is 0.808. The third-order valence-corrected chi connectivity index (χ3v) is 4.96. The van der Waals surface area contributed by atoms with Crippen molar-refractivity contribution in [2.45, 2.75) is 30.0 Å². The van der Waals surface area contributed by atoms with Crippen LogP contribution in [0.15, 0.2) is 29.4 Å². The third kappa shape index (κ3) is 2.11. The molecule has 1 fully saturated rings. The third-order valence-electron chi connectivity index (χ3n) is 3.83. The van der Waals surface area contributed by atoms with Gasteiger partial charge in [0.15, 0.2) is 0 Å². The van der Waals surface area contributed by atoms with Gasteiger partial charge in [0.25, 0.3) is 14.2 Å². The maximum Gasteiger partial charge on any atom is 0.296 e. The molecule has 0 radical (unpaired) electrons. The maximum absolute atomic E-state index is 11.7. The van der Waals surface area contributed by atoms with Crippen molar-refractivity contribution in [2.24, 2.45) is 0 Å². The van der Waals surface area contributed by atoms with Crippen molar-refractivity contribution < 1.29 is 13.2 Å². The lowest BCUT2D eigenvalue weighted by Crippen LogP contribution is -2.13. The molecule has 1 unspecified atom stereocenters. The fourth-order valence-electron chi connectivity index (χ4n) is 2.74. The zero-order chi connectivity index (χ0) is 14.6. The molecule has 1 aliphatic carbocycles. The minimum Gasteiger partial charge on any atom is -0.492 e. The second-order valence-electron chi connectivity index (χ2n) is 5.28. The van der Waals surface area contributed by atoms with E-state index in [1.165, 1.54) is 0 Å². The van der Waals surface area contributed by atoms with E-state index in [0.29, 0.717) is 12.4 Å². The molecule has 0 spiro atoms. The molecule has 0 bridgehead atoms. The molecular formula is C13H12ClN3O3S. The van der Waals surface area contributed by atoms with Crippen LogP contribution in [0.5, 0.6) is 5.75 Å². The first kappa shape index (κ1) is 13.1. The van der Waals surface area contributed by atoms with Gasteiger partial charge in [-0.05, 0) is 18.9 Å². The first-order chi connectivity index (χ1) is 10.1. The van der Waals surface area contributed by atoms with Gasteiger partial charge in [-0.25, -0.2) is 8.42 Å². The number of hydrogen-bond donors (Lipinski definition) is 0. The first-order valence-electron chi connectivity index (χ1n) is 6.67. The van der Waals surface area contributed by atoms with E-state index in [0.717, 1.165) is 24.2 Å². The molecule has 6 nitrogen and oxygen atoms in total. The van der Waals surface area contributed by atoms with Crippen LogP contribution in [-0.2, 0) is 9.05 Å². The minimum absolute atomic E-state index is 0.110. The van der Waals surface area contributed by atoms with Gasteiger partial charge in [-0.3, -0.25) is 4.57 Å². The molecule has 1 atom stereocenters. The summed E-state index contributed by atoms with van der Waals surface area (Å²) >= 11 is 0. The van der Waals surface area contributed by atoms with Gasteiger partial charge in [0, 0.05) is 22.3 Å². The lowest BCUT2D eigenvalue weighted by atomic mass is 10.0. The average molecular weight is 326 g/mol. The highest BCUT2D eigenvalue weighted by Gasteiger charge is 2.38. The van der Waals surface area contributed by atoms with Gasteiger partial charge in [-0.2, -0.15) is 0 Å². The summed E-state index contributed by atoms with van der Waals surface area (Å²) < 4.78 is 30.7. The van der Waals surface area contributed by atoms with Crippen molar-refractivity contribution in [2.75, 3.05) is 6.61 Å². The molecule has 2 heterocycles. The number of hydrogen-bond acceptors (Lipinski definition) is 5. The van der Waals surface area contributed by atoms with Crippen LogP contribution in [-0.4, -0.2) is 29.8 Å². The predicted molar refractivity (Wildman–Crippen MR) is 75.1 cm³/mol. The molecule has 21 heavy (non-hydrogen) atoms. The van der Waals surface area contributed by atoms with Crippen LogP contribution in [0, 0.1) is 0 Å². The Morgan fingerprint density at radius 3 is 2.71 bits per heavy atom. The van der Waals surface area contributed by atoms with Gasteiger partial charge >= 0.3 is 0 Å². The maximum atomic E-state index is 11.7. The number of ether oxygens (including phenoxy) is 1. The summed E-state index contributed by atoms with van der Waals surface area (Å²) in [5.74, 6) is 1.31. The highest BCUT2D eigenvalue weighted by atomic mass is 35.7. The average Bonchev–Trinajstić information content (AvgIpc) is 3.03. The molecule has 1 aromatic heterocycles. The Labute approximate surface area is 126 Å². The highest BCUT2D eigenvalue weighted by Crippen LogP contribution is 2.43. The molecule has 2 aliphatic rings. The number of para-hydroxylation sites is 1. The molecule has 4 rings (SSSR count). The van der Waals surface area contributed by atoms with Crippen LogP contribution in [0.3, 0.4) is 0 Å². The van der Waals surface area contributed by atoms with Crippen molar-refractivity contribution >= 4 is 19.7 Å². The molecule has 0 amide bonds. The topological polar surface area (TPSA) is 74.1 Å². The molecule has 1 aliphatic heterocycles. The summed E-state index contributed by atoms with van der Waals surface area (Å²) in [6, 6.07) is 7.81. The molecule has 1 aromatic carbocycles. The summed E-state index contributed by atoms with van der Waals surface area (Å²) in [5.41, 5.74) is 1.00. The molecule has 8 heteroatoms. The number of aromatic nitrogens is 3. The van der Waals surface area contributed by atoms with E-state index in [4.69, 9.17) is 15.4 Å². The van der Waals surface area contributed by atoms with E-state index in [9.17, 15) is 8.42 Å². The van der Waals surface area contributed by atoms with E-state index in [2.05, 4.69) is 10.2 Å². The van der Waals surface area contributed by atoms with E-state index >= 15 is 0 Å². The second-order valence-corrected chi connectivity index (χ2v) is 7.74. The Morgan fingerprint density at radius 1 is 1.24 bits per heavy atom. The van der Waals surface area contributed by atoms with Gasteiger partial charge in [0.05, 0.1) is 5.92 Å². The number of rotatable bonds is 3. The van der Waals surface area contributed by atoms with Crippen LogP contribution in [0.2, 0.25) is 0 Å². The zero-order valence-corrected chi connectivity index (χ0v) is 12.5. The molecule has 0 N–H and O–H groups in total. The van der Waals surface area contributed by atoms with E-state index in [-0.39, 0.29) is 17.1 Å². The number of benzene rings is 1. The van der Waals surface area contributed by atoms with Crippen molar-refractivity contribution in [3.63, 3.8) is 0 Å². The zero-order valence-electron chi connectivity index (χ0n) is 10.9.